The lowest BCUT2D eigenvalue weighted by Gasteiger charge is -2.40. The number of pyridine rings is 1. The van der Waals surface area contributed by atoms with Crippen LogP contribution in [0.3, 0.4) is 0 Å². The van der Waals surface area contributed by atoms with Crippen molar-refractivity contribution in [3.63, 3.8) is 0 Å². The summed E-state index contributed by atoms with van der Waals surface area (Å²) < 4.78 is 1.89. The summed E-state index contributed by atoms with van der Waals surface area (Å²) in [5, 5.41) is 1.08. The molecule has 6 rings (SSSR count). The number of carbonyl (C=O) groups excluding carboxylic acids is 1. The van der Waals surface area contributed by atoms with E-state index in [1.54, 1.807) is 30.1 Å². The van der Waals surface area contributed by atoms with Crippen molar-refractivity contribution in [3.05, 3.63) is 54.6 Å². The monoisotopic (exact) mass is 458 g/mol. The Bertz CT molecular complexity index is 1420. The third kappa shape index (κ3) is 3.52. The molecular formula is C23H22N8OS. The molecule has 0 spiro atoms. The second-order valence-electron chi connectivity index (χ2n) is 8.23. The largest absolute Gasteiger partial charge is 0.358 e. The van der Waals surface area contributed by atoms with Crippen LogP contribution in [0.2, 0.25) is 0 Å². The third-order valence-electron chi connectivity index (χ3n) is 6.13. The van der Waals surface area contributed by atoms with Crippen molar-refractivity contribution < 1.29 is 4.79 Å². The molecule has 1 amide bonds. The number of piperazine rings is 1. The Labute approximate surface area is 193 Å². The van der Waals surface area contributed by atoms with Gasteiger partial charge in [0, 0.05) is 31.9 Å². The van der Waals surface area contributed by atoms with Crippen LogP contribution in [0.4, 0.5) is 5.00 Å². The van der Waals surface area contributed by atoms with Gasteiger partial charge in [0.15, 0.2) is 5.82 Å². The number of nitrogens with zero attached hydrogens (tertiary/aromatic N) is 7. The van der Waals surface area contributed by atoms with Crippen molar-refractivity contribution in [2.24, 2.45) is 0 Å². The van der Waals surface area contributed by atoms with E-state index in [1.165, 1.54) is 0 Å². The SMILES string of the molecule is CC1CN(c2scnc2-c2nc3ccccc3[nH]2)CCN1C(=O)Cn1cnc2cnccc21. The number of nitrogens with one attached hydrogen (secondary N) is 1. The smallest absolute Gasteiger partial charge is 0.242 e. The number of thiazole rings is 1. The van der Waals surface area contributed by atoms with Crippen LogP contribution in [0.1, 0.15) is 6.92 Å². The number of rotatable bonds is 4. The van der Waals surface area contributed by atoms with Gasteiger partial charge in [-0.1, -0.05) is 12.1 Å². The first-order valence-electron chi connectivity index (χ1n) is 10.9. The maximum Gasteiger partial charge on any atom is 0.242 e. The Hall–Kier alpha value is -3.79. The summed E-state index contributed by atoms with van der Waals surface area (Å²) in [6, 6.07) is 9.95. The molecule has 166 valence electrons. The molecule has 1 aliphatic heterocycles. The molecular weight excluding hydrogens is 436 g/mol. The molecule has 1 unspecified atom stereocenters. The average molecular weight is 459 g/mol. The van der Waals surface area contributed by atoms with Crippen molar-refractivity contribution in [3.8, 4) is 11.5 Å². The van der Waals surface area contributed by atoms with Crippen LogP contribution in [0.15, 0.2) is 54.6 Å². The minimum absolute atomic E-state index is 0.0772. The number of H-pyrrole nitrogens is 1. The van der Waals surface area contributed by atoms with Gasteiger partial charge in [0.2, 0.25) is 5.91 Å². The number of aromatic nitrogens is 6. The highest BCUT2D eigenvalue weighted by atomic mass is 32.1. The summed E-state index contributed by atoms with van der Waals surface area (Å²) in [7, 11) is 0. The lowest BCUT2D eigenvalue weighted by Crippen LogP contribution is -2.54. The molecule has 0 bridgehead atoms. The third-order valence-corrected chi connectivity index (χ3v) is 7.01. The number of hydrogen-bond donors (Lipinski definition) is 1. The van der Waals surface area contributed by atoms with E-state index in [4.69, 9.17) is 4.98 Å². The predicted molar refractivity (Wildman–Crippen MR) is 128 cm³/mol. The fourth-order valence-corrected chi connectivity index (χ4v) is 5.32. The standard InChI is InChI=1S/C23H22N8OS/c1-15-11-29(23-21(26-14-33-23)22-27-16-4-2-3-5-17(16)28-22)8-9-31(15)20(32)12-30-13-25-18-10-24-7-6-19(18)30/h2-7,10,13-15H,8-9,11-12H2,1H3,(H,27,28). The highest BCUT2D eigenvalue weighted by Crippen LogP contribution is 2.34. The van der Waals surface area contributed by atoms with Crippen LogP contribution in [-0.2, 0) is 11.3 Å². The number of carbonyl (C=O) groups is 1. The Morgan fingerprint density at radius 1 is 1.18 bits per heavy atom. The van der Waals surface area contributed by atoms with E-state index in [0.29, 0.717) is 6.54 Å². The van der Waals surface area contributed by atoms with Crippen LogP contribution in [0.25, 0.3) is 33.6 Å². The van der Waals surface area contributed by atoms with Crippen molar-refractivity contribution in [2.75, 3.05) is 24.5 Å². The molecule has 0 saturated carbocycles. The van der Waals surface area contributed by atoms with Gasteiger partial charge in [-0.2, -0.15) is 0 Å². The Morgan fingerprint density at radius 2 is 2.09 bits per heavy atom. The second kappa shape index (κ2) is 7.96. The van der Waals surface area contributed by atoms with Gasteiger partial charge in [0.1, 0.15) is 22.8 Å². The van der Waals surface area contributed by atoms with E-state index >= 15 is 0 Å². The summed E-state index contributed by atoms with van der Waals surface area (Å²) in [5.41, 5.74) is 6.37. The van der Waals surface area contributed by atoms with Crippen molar-refractivity contribution in [2.45, 2.75) is 19.5 Å². The fourth-order valence-electron chi connectivity index (χ4n) is 4.48. The highest BCUT2D eigenvalue weighted by molar-refractivity contribution is 7.14. The number of fused-ring (bicyclic) bond motifs is 2. The Balaban J connectivity index is 1.19. The van der Waals surface area contributed by atoms with Gasteiger partial charge in [-0.15, -0.1) is 11.3 Å². The van der Waals surface area contributed by atoms with Crippen molar-refractivity contribution in [1.29, 1.82) is 0 Å². The van der Waals surface area contributed by atoms with Crippen LogP contribution in [-0.4, -0.2) is 66.0 Å². The lowest BCUT2D eigenvalue weighted by atomic mass is 10.2. The minimum atomic E-state index is 0.0772. The summed E-state index contributed by atoms with van der Waals surface area (Å²) in [5.74, 6) is 0.875. The van der Waals surface area contributed by atoms with Gasteiger partial charge in [-0.25, -0.2) is 15.0 Å². The predicted octanol–water partition coefficient (Wildman–Crippen LogP) is 3.17. The molecule has 0 radical (unpaired) electrons. The number of anilines is 1. The molecule has 9 nitrogen and oxygen atoms in total. The molecule has 0 aliphatic carbocycles. The molecule has 1 N–H and O–H groups in total. The molecule has 5 heterocycles. The maximum atomic E-state index is 13.1. The van der Waals surface area contributed by atoms with Crippen LogP contribution in [0, 0.1) is 0 Å². The minimum Gasteiger partial charge on any atom is -0.358 e. The van der Waals surface area contributed by atoms with Gasteiger partial charge in [-0.05, 0) is 25.1 Å². The van der Waals surface area contributed by atoms with E-state index in [0.717, 1.165) is 51.7 Å². The molecule has 1 aromatic carbocycles. The number of amides is 1. The zero-order valence-corrected chi connectivity index (χ0v) is 18.9. The first kappa shape index (κ1) is 19.9. The zero-order chi connectivity index (χ0) is 22.4. The highest BCUT2D eigenvalue weighted by Gasteiger charge is 2.30. The quantitative estimate of drug-likeness (QED) is 0.444. The normalized spacial score (nSPS) is 16.7. The van der Waals surface area contributed by atoms with Gasteiger partial charge in [-0.3, -0.25) is 9.78 Å². The summed E-state index contributed by atoms with van der Waals surface area (Å²) >= 11 is 1.61. The first-order valence-corrected chi connectivity index (χ1v) is 11.7. The Morgan fingerprint density at radius 3 is 2.97 bits per heavy atom. The van der Waals surface area contributed by atoms with Gasteiger partial charge in [0.05, 0.1) is 34.6 Å². The fraction of sp³-hybridized carbons (Fsp3) is 0.261. The van der Waals surface area contributed by atoms with Gasteiger partial charge < -0.3 is 19.4 Å². The van der Waals surface area contributed by atoms with E-state index < -0.39 is 0 Å². The van der Waals surface area contributed by atoms with Crippen molar-refractivity contribution >= 4 is 44.3 Å². The maximum absolute atomic E-state index is 13.1. The molecule has 5 aromatic rings. The molecule has 1 fully saturated rings. The molecule has 4 aromatic heterocycles. The van der Waals surface area contributed by atoms with Crippen LogP contribution < -0.4 is 4.90 Å². The van der Waals surface area contributed by atoms with Gasteiger partial charge >= 0.3 is 0 Å². The number of imidazole rings is 2. The van der Waals surface area contributed by atoms with E-state index in [-0.39, 0.29) is 18.5 Å². The summed E-state index contributed by atoms with van der Waals surface area (Å²) in [6.07, 6.45) is 5.15. The number of para-hydroxylation sites is 2. The summed E-state index contributed by atoms with van der Waals surface area (Å²) in [4.78, 5) is 38.5. The number of benzene rings is 1. The number of hydrogen-bond acceptors (Lipinski definition) is 7. The zero-order valence-electron chi connectivity index (χ0n) is 18.0. The van der Waals surface area contributed by atoms with Crippen LogP contribution >= 0.6 is 11.3 Å². The van der Waals surface area contributed by atoms with E-state index in [2.05, 4.69) is 31.8 Å². The molecule has 1 aliphatic rings. The topological polar surface area (TPSA) is 95.8 Å². The molecule has 33 heavy (non-hydrogen) atoms. The first-order chi connectivity index (χ1) is 16.2. The van der Waals surface area contributed by atoms with E-state index in [9.17, 15) is 4.79 Å². The lowest BCUT2D eigenvalue weighted by molar-refractivity contribution is -0.134. The number of aromatic amines is 1. The summed E-state index contributed by atoms with van der Waals surface area (Å²) in [6.45, 7) is 4.53. The molecule has 10 heteroatoms. The van der Waals surface area contributed by atoms with Gasteiger partial charge in [0.25, 0.3) is 0 Å². The van der Waals surface area contributed by atoms with Crippen LogP contribution in [0.5, 0.6) is 0 Å². The van der Waals surface area contributed by atoms with Crippen molar-refractivity contribution in [1.82, 2.24) is 34.4 Å². The van der Waals surface area contributed by atoms with E-state index in [1.807, 2.05) is 45.3 Å². The second-order valence-corrected chi connectivity index (χ2v) is 9.06. The Kier molecular flexibility index (Phi) is 4.79. The molecule has 1 atom stereocenters. The molecule has 1 saturated heterocycles. The average Bonchev–Trinajstić information content (AvgIpc) is 3.57.